The topological polar surface area (TPSA) is 27.7 Å². The van der Waals surface area contributed by atoms with Gasteiger partial charge in [-0.15, -0.1) is 6.58 Å². The summed E-state index contributed by atoms with van der Waals surface area (Å²) < 4.78 is 17.7. The van der Waals surface area contributed by atoms with Gasteiger partial charge in [0.25, 0.3) is 0 Å². The van der Waals surface area contributed by atoms with Crippen LogP contribution in [0.3, 0.4) is 0 Å². The minimum atomic E-state index is -0.253. The summed E-state index contributed by atoms with van der Waals surface area (Å²) in [5.74, 6) is 0.380. The summed E-state index contributed by atoms with van der Waals surface area (Å²) in [6, 6.07) is 0. The van der Waals surface area contributed by atoms with Crippen molar-refractivity contribution >= 4 is 0 Å². The van der Waals surface area contributed by atoms with Gasteiger partial charge in [0.15, 0.2) is 5.79 Å². The van der Waals surface area contributed by atoms with Gasteiger partial charge in [-0.3, -0.25) is 0 Å². The third-order valence-corrected chi connectivity index (χ3v) is 4.61. The molecule has 0 amide bonds. The SMILES string of the molecule is C=CCC(OCCCCC)C1CCC2(CC1)OCCO2. The summed E-state index contributed by atoms with van der Waals surface area (Å²) in [5, 5.41) is 0. The van der Waals surface area contributed by atoms with Gasteiger partial charge >= 0.3 is 0 Å². The Morgan fingerprint density at radius 1 is 1.25 bits per heavy atom. The van der Waals surface area contributed by atoms with E-state index >= 15 is 0 Å². The molecule has 20 heavy (non-hydrogen) atoms. The average molecular weight is 282 g/mol. The second-order valence-corrected chi connectivity index (χ2v) is 6.09. The lowest BCUT2D eigenvalue weighted by Crippen LogP contribution is -2.38. The minimum Gasteiger partial charge on any atom is -0.378 e. The van der Waals surface area contributed by atoms with Crippen molar-refractivity contribution in [1.82, 2.24) is 0 Å². The van der Waals surface area contributed by atoms with Crippen LogP contribution >= 0.6 is 0 Å². The zero-order chi connectivity index (χ0) is 14.3. The van der Waals surface area contributed by atoms with Crippen LogP contribution in [0.5, 0.6) is 0 Å². The van der Waals surface area contributed by atoms with E-state index in [4.69, 9.17) is 14.2 Å². The molecule has 3 heteroatoms. The number of hydrogen-bond donors (Lipinski definition) is 0. The van der Waals surface area contributed by atoms with Gasteiger partial charge in [-0.1, -0.05) is 25.8 Å². The van der Waals surface area contributed by atoms with Crippen LogP contribution in [0, 0.1) is 5.92 Å². The van der Waals surface area contributed by atoms with Gasteiger partial charge in [-0.2, -0.15) is 0 Å². The predicted molar refractivity (Wildman–Crippen MR) is 80.7 cm³/mol. The lowest BCUT2D eigenvalue weighted by Gasteiger charge is -2.38. The molecule has 1 aliphatic carbocycles. The fourth-order valence-corrected chi connectivity index (χ4v) is 3.39. The molecule has 1 saturated heterocycles. The molecule has 1 atom stereocenters. The molecule has 1 unspecified atom stereocenters. The van der Waals surface area contributed by atoms with E-state index in [-0.39, 0.29) is 5.79 Å². The van der Waals surface area contributed by atoms with E-state index in [1.807, 2.05) is 6.08 Å². The highest BCUT2D eigenvalue weighted by Crippen LogP contribution is 2.40. The van der Waals surface area contributed by atoms with E-state index in [2.05, 4.69) is 13.5 Å². The maximum atomic E-state index is 6.12. The maximum Gasteiger partial charge on any atom is 0.168 e. The molecule has 1 aliphatic heterocycles. The van der Waals surface area contributed by atoms with Crippen LogP contribution < -0.4 is 0 Å². The highest BCUT2D eigenvalue weighted by Gasteiger charge is 2.41. The Morgan fingerprint density at radius 3 is 2.55 bits per heavy atom. The van der Waals surface area contributed by atoms with Gasteiger partial charge in [0.2, 0.25) is 0 Å². The quantitative estimate of drug-likeness (QED) is 0.496. The van der Waals surface area contributed by atoms with Gasteiger partial charge < -0.3 is 14.2 Å². The molecule has 2 rings (SSSR count). The fraction of sp³-hybridized carbons (Fsp3) is 0.882. The number of rotatable bonds is 8. The number of ether oxygens (including phenoxy) is 3. The molecule has 0 radical (unpaired) electrons. The Labute approximate surface area is 123 Å². The number of hydrogen-bond acceptors (Lipinski definition) is 3. The molecular weight excluding hydrogens is 252 g/mol. The standard InChI is InChI=1S/C17H30O3/c1-3-5-6-12-18-16(7-4-2)15-8-10-17(11-9-15)19-13-14-20-17/h4,15-16H,2-3,5-14H2,1H3. The van der Waals surface area contributed by atoms with Crippen LogP contribution in [0.25, 0.3) is 0 Å². The maximum absolute atomic E-state index is 6.12. The number of unbranched alkanes of at least 4 members (excludes halogenated alkanes) is 2. The van der Waals surface area contributed by atoms with Crippen molar-refractivity contribution in [3.8, 4) is 0 Å². The summed E-state index contributed by atoms with van der Waals surface area (Å²) in [6.07, 6.45) is 11.3. The molecular formula is C17H30O3. The van der Waals surface area contributed by atoms with E-state index < -0.39 is 0 Å². The first-order valence-corrected chi connectivity index (χ1v) is 8.30. The lowest BCUT2D eigenvalue weighted by molar-refractivity contribution is -0.188. The molecule has 1 heterocycles. The monoisotopic (exact) mass is 282 g/mol. The molecule has 0 aromatic rings. The van der Waals surface area contributed by atoms with Gasteiger partial charge in [0.1, 0.15) is 0 Å². The third kappa shape index (κ3) is 4.31. The van der Waals surface area contributed by atoms with Crippen molar-refractivity contribution in [2.45, 2.75) is 70.2 Å². The third-order valence-electron chi connectivity index (χ3n) is 4.61. The molecule has 3 nitrogen and oxygen atoms in total. The van der Waals surface area contributed by atoms with Crippen LogP contribution in [-0.2, 0) is 14.2 Å². The van der Waals surface area contributed by atoms with Gasteiger partial charge in [-0.25, -0.2) is 0 Å². The van der Waals surface area contributed by atoms with Crippen LogP contribution in [-0.4, -0.2) is 31.7 Å². The van der Waals surface area contributed by atoms with Crippen LogP contribution in [0.2, 0.25) is 0 Å². The van der Waals surface area contributed by atoms with Gasteiger partial charge in [0, 0.05) is 19.4 Å². The van der Waals surface area contributed by atoms with Gasteiger partial charge in [0.05, 0.1) is 19.3 Å². The summed E-state index contributed by atoms with van der Waals surface area (Å²) in [4.78, 5) is 0. The first kappa shape index (κ1) is 16.0. The molecule has 2 fully saturated rings. The summed E-state index contributed by atoms with van der Waals surface area (Å²) in [5.41, 5.74) is 0. The normalized spacial score (nSPS) is 24.1. The second-order valence-electron chi connectivity index (χ2n) is 6.09. The van der Waals surface area contributed by atoms with E-state index in [0.717, 1.165) is 51.9 Å². The van der Waals surface area contributed by atoms with Crippen molar-refractivity contribution in [2.75, 3.05) is 19.8 Å². The second kappa shape index (κ2) is 8.16. The zero-order valence-corrected chi connectivity index (χ0v) is 12.9. The minimum absolute atomic E-state index is 0.253. The first-order chi connectivity index (χ1) is 9.79. The highest BCUT2D eigenvalue weighted by atomic mass is 16.7. The van der Waals surface area contributed by atoms with E-state index in [1.54, 1.807) is 0 Å². The van der Waals surface area contributed by atoms with Gasteiger partial charge in [-0.05, 0) is 31.6 Å². The predicted octanol–water partition coefficient (Wildman–Crippen LogP) is 4.07. The van der Waals surface area contributed by atoms with Crippen LogP contribution in [0.1, 0.15) is 58.3 Å². The smallest absolute Gasteiger partial charge is 0.168 e. The largest absolute Gasteiger partial charge is 0.378 e. The first-order valence-electron chi connectivity index (χ1n) is 8.30. The van der Waals surface area contributed by atoms with Crippen LogP contribution in [0.4, 0.5) is 0 Å². The molecule has 0 aromatic carbocycles. The van der Waals surface area contributed by atoms with Crippen molar-refractivity contribution in [3.05, 3.63) is 12.7 Å². The molecule has 1 saturated carbocycles. The summed E-state index contributed by atoms with van der Waals surface area (Å²) >= 11 is 0. The zero-order valence-electron chi connectivity index (χ0n) is 12.9. The Hall–Kier alpha value is -0.380. The Kier molecular flexibility index (Phi) is 6.53. The summed E-state index contributed by atoms with van der Waals surface area (Å²) in [6.45, 7) is 8.51. The Morgan fingerprint density at radius 2 is 1.95 bits per heavy atom. The van der Waals surface area contributed by atoms with Crippen LogP contribution in [0.15, 0.2) is 12.7 Å². The molecule has 0 aromatic heterocycles. The Balaban J connectivity index is 1.76. The van der Waals surface area contributed by atoms with E-state index in [1.165, 1.54) is 19.3 Å². The molecule has 0 N–H and O–H groups in total. The highest BCUT2D eigenvalue weighted by molar-refractivity contribution is 4.88. The lowest BCUT2D eigenvalue weighted by atomic mass is 9.81. The van der Waals surface area contributed by atoms with Crippen molar-refractivity contribution < 1.29 is 14.2 Å². The van der Waals surface area contributed by atoms with Crippen molar-refractivity contribution in [2.24, 2.45) is 5.92 Å². The molecule has 2 aliphatic rings. The van der Waals surface area contributed by atoms with E-state index in [9.17, 15) is 0 Å². The molecule has 1 spiro atoms. The fourth-order valence-electron chi connectivity index (χ4n) is 3.39. The molecule has 116 valence electrons. The van der Waals surface area contributed by atoms with E-state index in [0.29, 0.717) is 12.0 Å². The van der Waals surface area contributed by atoms with Crippen molar-refractivity contribution in [3.63, 3.8) is 0 Å². The average Bonchev–Trinajstić information content (AvgIpc) is 2.92. The summed E-state index contributed by atoms with van der Waals surface area (Å²) in [7, 11) is 0. The van der Waals surface area contributed by atoms with Crippen molar-refractivity contribution in [1.29, 1.82) is 0 Å². The molecule has 0 bridgehead atoms. The Bertz CT molecular complexity index is 274.